The second-order valence-electron chi connectivity index (χ2n) is 3.70. The Balaban J connectivity index is 2.81. The summed E-state index contributed by atoms with van der Waals surface area (Å²) in [6.07, 6.45) is -0.234. The number of aromatic carboxylic acids is 1. The fourth-order valence-electron chi connectivity index (χ4n) is 1.29. The molecule has 1 unspecified atom stereocenters. The molecule has 0 spiro atoms. The summed E-state index contributed by atoms with van der Waals surface area (Å²) in [5.74, 6) is -0.902. The number of ether oxygens (including phenoxy) is 2. The standard InChI is InChI=1S/C12H17NO4/c1-4-16-7-9(3)17-11-10(12(14)15)6-5-8(2)13-11/h5-6,9H,4,7H2,1-3H3,(H,14,15). The Bertz CT molecular complexity index is 392. The third-order valence-electron chi connectivity index (χ3n) is 2.10. The number of carboxylic acid groups (broad SMARTS) is 1. The van der Waals surface area contributed by atoms with Crippen LogP contribution in [-0.2, 0) is 4.74 Å². The summed E-state index contributed by atoms with van der Waals surface area (Å²) in [5.41, 5.74) is 0.785. The fraction of sp³-hybridized carbons (Fsp3) is 0.500. The zero-order chi connectivity index (χ0) is 12.8. The van der Waals surface area contributed by atoms with Crippen LogP contribution in [0.15, 0.2) is 12.1 Å². The molecule has 17 heavy (non-hydrogen) atoms. The smallest absolute Gasteiger partial charge is 0.341 e. The molecule has 1 aromatic heterocycles. The van der Waals surface area contributed by atoms with Crippen LogP contribution in [0.1, 0.15) is 29.9 Å². The van der Waals surface area contributed by atoms with E-state index >= 15 is 0 Å². The van der Waals surface area contributed by atoms with Crippen LogP contribution in [-0.4, -0.2) is 35.4 Å². The minimum atomic E-state index is -1.05. The number of aryl methyl sites for hydroxylation is 1. The van der Waals surface area contributed by atoms with Crippen molar-refractivity contribution in [3.8, 4) is 5.88 Å². The van der Waals surface area contributed by atoms with Crippen molar-refractivity contribution >= 4 is 5.97 Å². The first-order valence-corrected chi connectivity index (χ1v) is 5.50. The normalized spacial score (nSPS) is 12.2. The third kappa shape index (κ3) is 4.03. The van der Waals surface area contributed by atoms with Crippen molar-refractivity contribution in [3.63, 3.8) is 0 Å². The van der Waals surface area contributed by atoms with Crippen LogP contribution in [0, 0.1) is 6.92 Å². The third-order valence-corrected chi connectivity index (χ3v) is 2.10. The maximum atomic E-state index is 11.0. The number of hydrogen-bond acceptors (Lipinski definition) is 4. The number of carbonyl (C=O) groups is 1. The zero-order valence-corrected chi connectivity index (χ0v) is 10.3. The summed E-state index contributed by atoms with van der Waals surface area (Å²) in [5, 5.41) is 8.99. The van der Waals surface area contributed by atoms with Crippen molar-refractivity contribution in [1.82, 2.24) is 4.98 Å². The highest BCUT2D eigenvalue weighted by Gasteiger charge is 2.15. The molecule has 0 aliphatic carbocycles. The predicted octanol–water partition coefficient (Wildman–Crippen LogP) is 1.89. The number of nitrogens with zero attached hydrogens (tertiary/aromatic N) is 1. The van der Waals surface area contributed by atoms with Gasteiger partial charge in [-0.15, -0.1) is 0 Å². The van der Waals surface area contributed by atoms with Crippen LogP contribution in [0.4, 0.5) is 0 Å². The van der Waals surface area contributed by atoms with Gasteiger partial charge in [0.2, 0.25) is 5.88 Å². The van der Waals surface area contributed by atoms with Gasteiger partial charge in [-0.1, -0.05) is 0 Å². The van der Waals surface area contributed by atoms with Crippen molar-refractivity contribution in [2.75, 3.05) is 13.2 Å². The van der Waals surface area contributed by atoms with Crippen LogP contribution in [0.2, 0.25) is 0 Å². The van der Waals surface area contributed by atoms with Crippen LogP contribution in [0.3, 0.4) is 0 Å². The molecular weight excluding hydrogens is 222 g/mol. The van der Waals surface area contributed by atoms with E-state index in [1.54, 1.807) is 13.0 Å². The van der Waals surface area contributed by atoms with Gasteiger partial charge < -0.3 is 14.6 Å². The number of pyridine rings is 1. The second kappa shape index (κ2) is 6.20. The molecule has 0 aliphatic rings. The lowest BCUT2D eigenvalue weighted by Gasteiger charge is -2.15. The molecule has 0 amide bonds. The van der Waals surface area contributed by atoms with E-state index in [1.165, 1.54) is 6.07 Å². The van der Waals surface area contributed by atoms with Crippen LogP contribution in [0.25, 0.3) is 0 Å². The van der Waals surface area contributed by atoms with Gasteiger partial charge in [-0.05, 0) is 32.9 Å². The van der Waals surface area contributed by atoms with E-state index < -0.39 is 5.97 Å². The monoisotopic (exact) mass is 239 g/mol. The average molecular weight is 239 g/mol. The summed E-state index contributed by atoms with van der Waals surface area (Å²) in [6, 6.07) is 3.14. The van der Waals surface area contributed by atoms with Gasteiger partial charge in [-0.25, -0.2) is 9.78 Å². The molecule has 1 atom stereocenters. The molecule has 0 aliphatic heterocycles. The lowest BCUT2D eigenvalue weighted by Crippen LogP contribution is -2.21. The largest absolute Gasteiger partial charge is 0.477 e. The van der Waals surface area contributed by atoms with E-state index in [-0.39, 0.29) is 17.5 Å². The van der Waals surface area contributed by atoms with E-state index in [9.17, 15) is 4.79 Å². The van der Waals surface area contributed by atoms with Crippen LogP contribution in [0.5, 0.6) is 5.88 Å². The number of rotatable bonds is 6. The predicted molar refractivity (Wildman–Crippen MR) is 62.5 cm³/mol. The highest BCUT2D eigenvalue weighted by atomic mass is 16.5. The SMILES string of the molecule is CCOCC(C)Oc1nc(C)ccc1C(=O)O. The molecule has 1 rings (SSSR count). The fourth-order valence-corrected chi connectivity index (χ4v) is 1.29. The topological polar surface area (TPSA) is 68.7 Å². The molecular formula is C12H17NO4. The summed E-state index contributed by atoms with van der Waals surface area (Å²) in [7, 11) is 0. The maximum absolute atomic E-state index is 11.0. The first kappa shape index (κ1) is 13.4. The van der Waals surface area contributed by atoms with E-state index in [1.807, 2.05) is 13.8 Å². The molecule has 1 heterocycles. The van der Waals surface area contributed by atoms with Crippen molar-refractivity contribution in [3.05, 3.63) is 23.4 Å². The molecule has 0 saturated carbocycles. The van der Waals surface area contributed by atoms with Gasteiger partial charge in [-0.2, -0.15) is 0 Å². The molecule has 0 fully saturated rings. The summed E-state index contributed by atoms with van der Waals surface area (Å²) in [6.45, 7) is 6.49. The van der Waals surface area contributed by atoms with Crippen LogP contribution >= 0.6 is 0 Å². The molecule has 94 valence electrons. The Morgan fingerprint density at radius 2 is 2.24 bits per heavy atom. The lowest BCUT2D eigenvalue weighted by molar-refractivity contribution is 0.0587. The Morgan fingerprint density at radius 3 is 2.82 bits per heavy atom. The van der Waals surface area contributed by atoms with E-state index in [4.69, 9.17) is 14.6 Å². The molecule has 1 N–H and O–H groups in total. The van der Waals surface area contributed by atoms with Crippen molar-refractivity contribution in [1.29, 1.82) is 0 Å². The Kier molecular flexibility index (Phi) is 4.90. The average Bonchev–Trinajstić information content (AvgIpc) is 2.26. The first-order chi connectivity index (χ1) is 8.04. The molecule has 0 bridgehead atoms. The zero-order valence-electron chi connectivity index (χ0n) is 10.3. The van der Waals surface area contributed by atoms with Gasteiger partial charge in [-0.3, -0.25) is 0 Å². The summed E-state index contributed by atoms with van der Waals surface area (Å²) < 4.78 is 10.7. The molecule has 0 saturated heterocycles. The highest BCUT2D eigenvalue weighted by molar-refractivity contribution is 5.90. The van der Waals surface area contributed by atoms with Gasteiger partial charge in [0.05, 0.1) is 6.61 Å². The maximum Gasteiger partial charge on any atom is 0.341 e. The minimum Gasteiger partial charge on any atom is -0.477 e. The van der Waals surface area contributed by atoms with Gasteiger partial charge in [0.1, 0.15) is 11.7 Å². The molecule has 0 radical (unpaired) electrons. The highest BCUT2D eigenvalue weighted by Crippen LogP contribution is 2.17. The van der Waals surface area contributed by atoms with Crippen LogP contribution < -0.4 is 4.74 Å². The minimum absolute atomic E-state index is 0.0685. The first-order valence-electron chi connectivity index (χ1n) is 5.50. The van der Waals surface area contributed by atoms with Crippen molar-refractivity contribution in [2.24, 2.45) is 0 Å². The van der Waals surface area contributed by atoms with Gasteiger partial charge in [0, 0.05) is 12.3 Å². The molecule has 5 heteroatoms. The van der Waals surface area contributed by atoms with Gasteiger partial charge in [0.25, 0.3) is 0 Å². The van der Waals surface area contributed by atoms with Gasteiger partial charge >= 0.3 is 5.97 Å². The van der Waals surface area contributed by atoms with E-state index in [0.717, 1.165) is 0 Å². The van der Waals surface area contributed by atoms with Gasteiger partial charge in [0.15, 0.2) is 0 Å². The Hall–Kier alpha value is -1.62. The van der Waals surface area contributed by atoms with E-state index in [2.05, 4.69) is 4.98 Å². The van der Waals surface area contributed by atoms with Crippen molar-refractivity contribution < 1.29 is 19.4 Å². The number of carboxylic acids is 1. The summed E-state index contributed by atoms with van der Waals surface area (Å²) in [4.78, 5) is 15.1. The second-order valence-corrected chi connectivity index (χ2v) is 3.70. The molecule has 5 nitrogen and oxygen atoms in total. The Morgan fingerprint density at radius 1 is 1.53 bits per heavy atom. The summed E-state index contributed by atoms with van der Waals surface area (Å²) >= 11 is 0. The number of hydrogen-bond donors (Lipinski definition) is 1. The van der Waals surface area contributed by atoms with Crippen molar-refractivity contribution in [2.45, 2.75) is 26.9 Å². The quantitative estimate of drug-likeness (QED) is 0.821. The molecule has 1 aromatic rings. The number of aromatic nitrogens is 1. The van der Waals surface area contributed by atoms with E-state index in [0.29, 0.717) is 18.9 Å². The molecule has 0 aromatic carbocycles. The lowest BCUT2D eigenvalue weighted by atomic mass is 10.2. The Labute approximate surface area is 100 Å².